The Balaban J connectivity index is 1.91. The molecule has 0 aliphatic rings. The molecule has 0 saturated heterocycles. The van der Waals surface area contributed by atoms with E-state index in [0.717, 1.165) is 22.5 Å². The van der Waals surface area contributed by atoms with Crippen LogP contribution in [-0.2, 0) is 6.54 Å². The molecule has 4 heteroatoms. The standard InChI is InChI=1S/C21H25N3O/c1-16(2)22-14-19(25)15-24-21(18-11-7-4-8-12-18)13-20(23-24)17-9-5-3-6-10-17/h3-13,16,19,22,25H,14-15H2,1-2H3. The number of aliphatic hydroxyl groups is 1. The molecular weight excluding hydrogens is 310 g/mol. The van der Waals surface area contributed by atoms with Gasteiger partial charge in [0, 0.05) is 18.2 Å². The molecule has 3 aromatic rings. The summed E-state index contributed by atoms with van der Waals surface area (Å²) in [6.07, 6.45) is -0.492. The largest absolute Gasteiger partial charge is 0.390 e. The van der Waals surface area contributed by atoms with Crippen LogP contribution in [0.25, 0.3) is 22.5 Å². The van der Waals surface area contributed by atoms with E-state index in [9.17, 15) is 5.11 Å². The van der Waals surface area contributed by atoms with Gasteiger partial charge in [0.05, 0.1) is 24.0 Å². The molecule has 2 aromatic carbocycles. The minimum atomic E-state index is -0.492. The van der Waals surface area contributed by atoms with Gasteiger partial charge >= 0.3 is 0 Å². The van der Waals surface area contributed by atoms with Crippen molar-refractivity contribution in [3.8, 4) is 22.5 Å². The highest BCUT2D eigenvalue weighted by Gasteiger charge is 2.14. The van der Waals surface area contributed by atoms with Gasteiger partial charge in [0.25, 0.3) is 0 Å². The molecule has 0 saturated carbocycles. The van der Waals surface area contributed by atoms with E-state index in [-0.39, 0.29) is 0 Å². The van der Waals surface area contributed by atoms with Crippen LogP contribution in [0.4, 0.5) is 0 Å². The third-order valence-electron chi connectivity index (χ3n) is 4.06. The first-order valence-electron chi connectivity index (χ1n) is 8.73. The van der Waals surface area contributed by atoms with Crippen LogP contribution in [0.5, 0.6) is 0 Å². The second kappa shape index (κ2) is 8.10. The molecule has 2 N–H and O–H groups in total. The number of rotatable bonds is 7. The highest BCUT2D eigenvalue weighted by Crippen LogP contribution is 2.26. The summed E-state index contributed by atoms with van der Waals surface area (Å²) < 4.78 is 1.91. The lowest BCUT2D eigenvalue weighted by Gasteiger charge is -2.15. The summed E-state index contributed by atoms with van der Waals surface area (Å²) in [5.74, 6) is 0. The van der Waals surface area contributed by atoms with Crippen LogP contribution in [0.15, 0.2) is 66.7 Å². The number of hydrogen-bond acceptors (Lipinski definition) is 3. The van der Waals surface area contributed by atoms with E-state index in [1.807, 2.05) is 41.1 Å². The SMILES string of the molecule is CC(C)NCC(O)Cn1nc(-c2ccccc2)cc1-c1ccccc1. The molecule has 130 valence electrons. The summed E-state index contributed by atoms with van der Waals surface area (Å²) in [4.78, 5) is 0. The predicted molar refractivity (Wildman–Crippen MR) is 102 cm³/mol. The maximum Gasteiger partial charge on any atom is 0.0929 e. The fourth-order valence-corrected chi connectivity index (χ4v) is 2.78. The molecule has 0 aliphatic heterocycles. The zero-order chi connectivity index (χ0) is 17.6. The Labute approximate surface area is 149 Å². The molecule has 1 heterocycles. The van der Waals surface area contributed by atoms with E-state index >= 15 is 0 Å². The Hall–Kier alpha value is -2.43. The minimum Gasteiger partial charge on any atom is -0.390 e. The van der Waals surface area contributed by atoms with Crippen LogP contribution >= 0.6 is 0 Å². The second-order valence-corrected chi connectivity index (χ2v) is 6.55. The summed E-state index contributed by atoms with van der Waals surface area (Å²) >= 11 is 0. The minimum absolute atomic E-state index is 0.348. The number of hydrogen-bond donors (Lipinski definition) is 2. The first kappa shape index (κ1) is 17.4. The Bertz CT molecular complexity index is 781. The van der Waals surface area contributed by atoms with Crippen molar-refractivity contribution >= 4 is 0 Å². The molecule has 0 radical (unpaired) electrons. The molecule has 0 fully saturated rings. The van der Waals surface area contributed by atoms with Crippen molar-refractivity contribution in [2.45, 2.75) is 32.5 Å². The van der Waals surface area contributed by atoms with Crippen LogP contribution in [0.1, 0.15) is 13.8 Å². The van der Waals surface area contributed by atoms with Crippen molar-refractivity contribution in [2.75, 3.05) is 6.54 Å². The van der Waals surface area contributed by atoms with E-state index in [1.54, 1.807) is 0 Å². The van der Waals surface area contributed by atoms with E-state index in [2.05, 4.69) is 49.5 Å². The molecular formula is C21H25N3O. The predicted octanol–water partition coefficient (Wildman–Crippen LogP) is 3.58. The smallest absolute Gasteiger partial charge is 0.0929 e. The molecule has 0 spiro atoms. The third-order valence-corrected chi connectivity index (χ3v) is 4.06. The maximum atomic E-state index is 10.4. The number of aliphatic hydroxyl groups excluding tert-OH is 1. The van der Waals surface area contributed by atoms with E-state index in [0.29, 0.717) is 19.1 Å². The normalized spacial score (nSPS) is 12.5. The highest BCUT2D eigenvalue weighted by molar-refractivity contribution is 5.68. The van der Waals surface area contributed by atoms with Crippen molar-refractivity contribution in [3.63, 3.8) is 0 Å². The fraction of sp³-hybridized carbons (Fsp3) is 0.286. The highest BCUT2D eigenvalue weighted by atomic mass is 16.3. The Kier molecular flexibility index (Phi) is 5.64. The van der Waals surface area contributed by atoms with Gasteiger partial charge in [-0.2, -0.15) is 5.10 Å². The van der Waals surface area contributed by atoms with E-state index in [1.165, 1.54) is 0 Å². The topological polar surface area (TPSA) is 50.1 Å². The summed E-state index contributed by atoms with van der Waals surface area (Å²) in [6, 6.07) is 22.8. The fourth-order valence-electron chi connectivity index (χ4n) is 2.78. The van der Waals surface area contributed by atoms with Gasteiger partial charge in [-0.05, 0) is 11.6 Å². The van der Waals surface area contributed by atoms with Crippen molar-refractivity contribution in [1.82, 2.24) is 15.1 Å². The molecule has 0 bridgehead atoms. The molecule has 4 nitrogen and oxygen atoms in total. The molecule has 0 aliphatic carbocycles. The second-order valence-electron chi connectivity index (χ2n) is 6.55. The lowest BCUT2D eigenvalue weighted by Crippen LogP contribution is -2.34. The van der Waals surface area contributed by atoms with Crippen LogP contribution < -0.4 is 5.32 Å². The summed E-state index contributed by atoms with van der Waals surface area (Å²) in [6.45, 7) is 5.15. The molecule has 0 amide bonds. The van der Waals surface area contributed by atoms with Crippen LogP contribution in [-0.4, -0.2) is 33.6 Å². The lowest BCUT2D eigenvalue weighted by atomic mass is 10.1. The first-order chi connectivity index (χ1) is 12.1. The lowest BCUT2D eigenvalue weighted by molar-refractivity contribution is 0.145. The van der Waals surface area contributed by atoms with E-state index < -0.39 is 6.10 Å². The van der Waals surface area contributed by atoms with Gasteiger partial charge in [-0.15, -0.1) is 0 Å². The van der Waals surface area contributed by atoms with Crippen LogP contribution in [0, 0.1) is 0 Å². The van der Waals surface area contributed by atoms with Gasteiger partial charge in [-0.1, -0.05) is 74.5 Å². The van der Waals surface area contributed by atoms with E-state index in [4.69, 9.17) is 5.10 Å². The Morgan fingerprint density at radius 3 is 2.16 bits per heavy atom. The molecule has 25 heavy (non-hydrogen) atoms. The summed E-state index contributed by atoms with van der Waals surface area (Å²) in [7, 11) is 0. The van der Waals surface area contributed by atoms with Gasteiger partial charge < -0.3 is 10.4 Å². The van der Waals surface area contributed by atoms with Crippen molar-refractivity contribution in [1.29, 1.82) is 0 Å². The maximum absolute atomic E-state index is 10.4. The quantitative estimate of drug-likeness (QED) is 0.694. The number of nitrogens with zero attached hydrogens (tertiary/aromatic N) is 2. The average Bonchev–Trinajstić information content (AvgIpc) is 3.05. The van der Waals surface area contributed by atoms with Crippen molar-refractivity contribution < 1.29 is 5.11 Å². The van der Waals surface area contributed by atoms with Gasteiger partial charge in [-0.3, -0.25) is 4.68 Å². The van der Waals surface area contributed by atoms with Gasteiger partial charge in [0.1, 0.15) is 0 Å². The Morgan fingerprint density at radius 2 is 1.56 bits per heavy atom. The average molecular weight is 335 g/mol. The Morgan fingerprint density at radius 1 is 0.960 bits per heavy atom. The van der Waals surface area contributed by atoms with Crippen molar-refractivity contribution in [2.24, 2.45) is 0 Å². The third kappa shape index (κ3) is 4.56. The van der Waals surface area contributed by atoms with Crippen molar-refractivity contribution in [3.05, 3.63) is 66.7 Å². The monoisotopic (exact) mass is 335 g/mol. The molecule has 1 atom stereocenters. The number of nitrogens with one attached hydrogen (secondary N) is 1. The molecule has 3 rings (SSSR count). The zero-order valence-electron chi connectivity index (χ0n) is 14.8. The van der Waals surface area contributed by atoms with Crippen LogP contribution in [0.3, 0.4) is 0 Å². The summed E-state index contributed by atoms with van der Waals surface area (Å²) in [5, 5.41) is 18.4. The summed E-state index contributed by atoms with van der Waals surface area (Å²) in [5.41, 5.74) is 4.11. The zero-order valence-corrected chi connectivity index (χ0v) is 14.8. The van der Waals surface area contributed by atoms with Gasteiger partial charge in [0.2, 0.25) is 0 Å². The number of benzene rings is 2. The molecule has 1 unspecified atom stereocenters. The molecule has 1 aromatic heterocycles. The van der Waals surface area contributed by atoms with Gasteiger partial charge in [-0.25, -0.2) is 0 Å². The first-order valence-corrected chi connectivity index (χ1v) is 8.73. The number of aromatic nitrogens is 2. The van der Waals surface area contributed by atoms with Crippen LogP contribution in [0.2, 0.25) is 0 Å². The van der Waals surface area contributed by atoms with Gasteiger partial charge in [0.15, 0.2) is 0 Å².